The molecule has 2 aromatic rings. The van der Waals surface area contributed by atoms with Crippen molar-refractivity contribution in [2.45, 2.75) is 25.4 Å². The average molecular weight is 416 g/mol. The average Bonchev–Trinajstić information content (AvgIpc) is 2.69. The summed E-state index contributed by atoms with van der Waals surface area (Å²) >= 11 is 6.15. The molecule has 29 heavy (non-hydrogen) atoms. The predicted octanol–water partition coefficient (Wildman–Crippen LogP) is 2.83. The Morgan fingerprint density at radius 1 is 1.21 bits per heavy atom. The molecule has 154 valence electrons. The molecule has 1 amide bonds. The van der Waals surface area contributed by atoms with Crippen LogP contribution in [0.15, 0.2) is 35.1 Å². The lowest BCUT2D eigenvalue weighted by Crippen LogP contribution is -2.49. The summed E-state index contributed by atoms with van der Waals surface area (Å²) in [6.07, 6.45) is 1.01. The summed E-state index contributed by atoms with van der Waals surface area (Å²) in [5.74, 6) is 0.983. The first kappa shape index (κ1) is 20.0. The number of likely N-dealkylation sites (tertiary alicyclic amines) is 1. The summed E-state index contributed by atoms with van der Waals surface area (Å²) in [6.45, 7) is 2.55. The maximum absolute atomic E-state index is 13.1. The highest BCUT2D eigenvalue weighted by Gasteiger charge is 2.37. The molecule has 2 aliphatic rings. The van der Waals surface area contributed by atoms with E-state index < -0.39 is 0 Å². The molecular weight excluding hydrogens is 390 g/mol. The molecule has 1 aromatic heterocycles. The fraction of sp³-hybridized carbons (Fsp3) is 0.455. The number of nitrogens with zero attached hydrogens (tertiary/aromatic N) is 3. The fourth-order valence-corrected chi connectivity index (χ4v) is 4.83. The van der Waals surface area contributed by atoms with Crippen LogP contribution >= 0.6 is 11.6 Å². The number of carbonyl (C=O) groups excluding carboxylic acids is 1. The minimum Gasteiger partial charge on any atom is -0.497 e. The third-order valence-electron chi connectivity index (χ3n) is 5.81. The van der Waals surface area contributed by atoms with Gasteiger partial charge < -0.3 is 19.1 Å². The van der Waals surface area contributed by atoms with Crippen molar-refractivity contribution in [3.05, 3.63) is 62.5 Å². The second-order valence-corrected chi connectivity index (χ2v) is 8.76. The smallest absolute Gasteiger partial charge is 0.255 e. The van der Waals surface area contributed by atoms with Crippen LogP contribution in [0.25, 0.3) is 0 Å². The number of fused-ring (bicyclic) bond motifs is 4. The standard InChI is InChI=1S/C22H26ClN3O3/c1-24(2)12-15-4-5-20-17-6-14(11-26(20)22(15)28)10-25(13-17)21(27)16-7-18(23)9-19(8-16)29-3/h4-5,7-9,14,17H,6,10-13H2,1-3H3/t14-,17+/m0/s1. The van der Waals surface area contributed by atoms with Crippen molar-refractivity contribution in [3.63, 3.8) is 0 Å². The van der Waals surface area contributed by atoms with E-state index in [9.17, 15) is 9.59 Å². The van der Waals surface area contributed by atoms with E-state index >= 15 is 0 Å². The van der Waals surface area contributed by atoms with Crippen molar-refractivity contribution in [2.75, 3.05) is 34.3 Å². The van der Waals surface area contributed by atoms with E-state index in [0.29, 0.717) is 42.5 Å². The number of hydrogen-bond donors (Lipinski definition) is 0. The molecule has 2 bridgehead atoms. The van der Waals surface area contributed by atoms with E-state index in [2.05, 4.69) is 6.07 Å². The number of rotatable bonds is 4. The Morgan fingerprint density at radius 2 is 2.00 bits per heavy atom. The van der Waals surface area contributed by atoms with Gasteiger partial charge in [-0.05, 0) is 50.7 Å². The van der Waals surface area contributed by atoms with Gasteiger partial charge in [-0.2, -0.15) is 0 Å². The molecule has 0 radical (unpaired) electrons. The largest absolute Gasteiger partial charge is 0.497 e. The van der Waals surface area contributed by atoms with Gasteiger partial charge in [0.1, 0.15) is 5.75 Å². The van der Waals surface area contributed by atoms with Crippen molar-refractivity contribution in [3.8, 4) is 5.75 Å². The van der Waals surface area contributed by atoms with Gasteiger partial charge in [0.2, 0.25) is 0 Å². The minimum absolute atomic E-state index is 0.0412. The second kappa shape index (κ2) is 7.84. The van der Waals surface area contributed by atoms with Gasteiger partial charge in [-0.1, -0.05) is 17.7 Å². The number of methoxy groups -OCH3 is 1. The quantitative estimate of drug-likeness (QED) is 0.770. The number of halogens is 1. The molecule has 1 aromatic carbocycles. The normalized spacial score (nSPS) is 20.5. The Hall–Kier alpha value is -2.31. The lowest BCUT2D eigenvalue weighted by Gasteiger charge is -2.43. The van der Waals surface area contributed by atoms with Crippen LogP contribution in [-0.2, 0) is 13.1 Å². The van der Waals surface area contributed by atoms with E-state index in [1.807, 2.05) is 34.5 Å². The summed E-state index contributed by atoms with van der Waals surface area (Å²) in [4.78, 5) is 30.0. The molecule has 1 fully saturated rings. The Bertz CT molecular complexity index is 1000. The molecule has 2 atom stereocenters. The number of piperidine rings is 1. The highest BCUT2D eigenvalue weighted by Crippen LogP contribution is 2.36. The highest BCUT2D eigenvalue weighted by atomic mass is 35.5. The van der Waals surface area contributed by atoms with Crippen molar-refractivity contribution in [2.24, 2.45) is 5.92 Å². The van der Waals surface area contributed by atoms with Crippen LogP contribution < -0.4 is 10.3 Å². The van der Waals surface area contributed by atoms with Crippen LogP contribution in [-0.4, -0.2) is 54.6 Å². The summed E-state index contributed by atoms with van der Waals surface area (Å²) in [7, 11) is 5.49. The Labute approximate surface area is 175 Å². The number of aromatic nitrogens is 1. The summed E-state index contributed by atoms with van der Waals surface area (Å²) in [5.41, 5.74) is 2.49. The van der Waals surface area contributed by atoms with E-state index in [1.54, 1.807) is 25.3 Å². The molecule has 7 heteroatoms. The molecule has 4 rings (SSSR count). The first-order valence-electron chi connectivity index (χ1n) is 9.87. The van der Waals surface area contributed by atoms with Gasteiger partial charge in [0.05, 0.1) is 7.11 Å². The Kier molecular flexibility index (Phi) is 5.40. The van der Waals surface area contributed by atoms with Crippen LogP contribution in [0.2, 0.25) is 5.02 Å². The van der Waals surface area contributed by atoms with E-state index in [-0.39, 0.29) is 23.3 Å². The second-order valence-electron chi connectivity index (χ2n) is 8.33. The number of hydrogen-bond acceptors (Lipinski definition) is 4. The van der Waals surface area contributed by atoms with Gasteiger partial charge in [0, 0.05) is 53.9 Å². The van der Waals surface area contributed by atoms with Crippen LogP contribution in [0.3, 0.4) is 0 Å². The van der Waals surface area contributed by atoms with Gasteiger partial charge in [-0.15, -0.1) is 0 Å². The number of carbonyl (C=O) groups is 1. The van der Waals surface area contributed by atoms with Crippen molar-refractivity contribution < 1.29 is 9.53 Å². The first-order valence-corrected chi connectivity index (χ1v) is 10.2. The number of benzene rings is 1. The molecule has 0 unspecified atom stereocenters. The minimum atomic E-state index is -0.0412. The van der Waals surface area contributed by atoms with Gasteiger partial charge in [0.25, 0.3) is 11.5 Å². The maximum Gasteiger partial charge on any atom is 0.255 e. The van der Waals surface area contributed by atoms with Crippen LogP contribution in [0, 0.1) is 5.92 Å². The monoisotopic (exact) mass is 415 g/mol. The zero-order valence-corrected chi connectivity index (χ0v) is 17.8. The lowest BCUT2D eigenvalue weighted by molar-refractivity contribution is 0.0594. The van der Waals surface area contributed by atoms with Crippen LogP contribution in [0.5, 0.6) is 5.75 Å². The van der Waals surface area contributed by atoms with E-state index in [0.717, 1.165) is 17.7 Å². The molecule has 6 nitrogen and oxygen atoms in total. The predicted molar refractivity (Wildman–Crippen MR) is 113 cm³/mol. The van der Waals surface area contributed by atoms with Crippen molar-refractivity contribution in [1.82, 2.24) is 14.4 Å². The van der Waals surface area contributed by atoms with Gasteiger partial charge in [-0.3, -0.25) is 9.59 Å². The number of ether oxygens (including phenoxy) is 1. The molecule has 1 saturated heterocycles. The van der Waals surface area contributed by atoms with Crippen LogP contribution in [0.1, 0.15) is 34.0 Å². The third kappa shape index (κ3) is 3.91. The third-order valence-corrected chi connectivity index (χ3v) is 6.03. The summed E-state index contributed by atoms with van der Waals surface area (Å²) in [6, 6.07) is 9.11. The molecular formula is C22H26ClN3O3. The first-order chi connectivity index (χ1) is 13.9. The SMILES string of the molecule is COc1cc(Cl)cc(C(=O)N2C[C@@H]3C[C@H](C2)c2ccc(CN(C)C)c(=O)n2C3)c1. The van der Waals surface area contributed by atoms with Crippen molar-refractivity contribution in [1.29, 1.82) is 0 Å². The Morgan fingerprint density at radius 3 is 2.72 bits per heavy atom. The lowest BCUT2D eigenvalue weighted by atomic mass is 9.82. The fourth-order valence-electron chi connectivity index (χ4n) is 4.60. The number of pyridine rings is 1. The van der Waals surface area contributed by atoms with Gasteiger partial charge >= 0.3 is 0 Å². The molecule has 0 N–H and O–H groups in total. The van der Waals surface area contributed by atoms with E-state index in [1.165, 1.54) is 0 Å². The number of amides is 1. The zero-order valence-electron chi connectivity index (χ0n) is 17.0. The molecule has 0 aliphatic carbocycles. The van der Waals surface area contributed by atoms with E-state index in [4.69, 9.17) is 16.3 Å². The molecule has 0 saturated carbocycles. The molecule has 3 heterocycles. The summed E-state index contributed by atoms with van der Waals surface area (Å²) < 4.78 is 7.18. The molecule has 0 spiro atoms. The van der Waals surface area contributed by atoms with Crippen LogP contribution in [0.4, 0.5) is 0 Å². The zero-order chi connectivity index (χ0) is 20.7. The maximum atomic E-state index is 13.1. The highest BCUT2D eigenvalue weighted by molar-refractivity contribution is 6.31. The van der Waals surface area contributed by atoms with Gasteiger partial charge in [0.15, 0.2) is 0 Å². The summed E-state index contributed by atoms with van der Waals surface area (Å²) in [5, 5.41) is 0.482. The topological polar surface area (TPSA) is 54.8 Å². The van der Waals surface area contributed by atoms with Crippen molar-refractivity contribution >= 4 is 17.5 Å². The Balaban J connectivity index is 1.60. The molecule has 2 aliphatic heterocycles. The van der Waals surface area contributed by atoms with Gasteiger partial charge in [-0.25, -0.2) is 0 Å².